The molecular weight excluding hydrogens is 388 g/mol. The van der Waals surface area contributed by atoms with Gasteiger partial charge in [0.15, 0.2) is 0 Å². The number of likely N-dealkylation sites (N-methyl/N-ethyl adjacent to an activating group) is 1. The van der Waals surface area contributed by atoms with Crippen molar-refractivity contribution in [2.45, 2.75) is 45.2 Å². The van der Waals surface area contributed by atoms with Crippen LogP contribution in [0.25, 0.3) is 0 Å². The van der Waals surface area contributed by atoms with Crippen LogP contribution in [0, 0.1) is 12.8 Å². The van der Waals surface area contributed by atoms with Crippen LogP contribution in [-0.4, -0.2) is 57.4 Å². The van der Waals surface area contributed by atoms with Crippen LogP contribution in [0.3, 0.4) is 0 Å². The zero-order chi connectivity index (χ0) is 21.5. The summed E-state index contributed by atoms with van der Waals surface area (Å²) in [6.45, 7) is 2.42. The molecule has 160 valence electrons. The zero-order valence-corrected chi connectivity index (χ0v) is 17.1. The zero-order valence-electron chi connectivity index (χ0n) is 17.1. The van der Waals surface area contributed by atoms with E-state index in [1.165, 1.54) is 18.7 Å². The predicted octanol–water partition coefficient (Wildman–Crippen LogP) is 0.836. The summed E-state index contributed by atoms with van der Waals surface area (Å²) in [6.07, 6.45) is 6.31. The minimum absolute atomic E-state index is 0.128. The number of rotatable bonds is 5. The number of amides is 3. The van der Waals surface area contributed by atoms with Gasteiger partial charge in [-0.05, 0) is 19.8 Å². The van der Waals surface area contributed by atoms with Crippen LogP contribution in [0.15, 0.2) is 29.3 Å². The molecule has 2 atom stereocenters. The van der Waals surface area contributed by atoms with Crippen LogP contribution in [0.4, 0.5) is 0 Å². The molecule has 1 saturated heterocycles. The average molecular weight is 414 g/mol. The van der Waals surface area contributed by atoms with Crippen LogP contribution in [0.5, 0.6) is 0 Å². The Balaban J connectivity index is 1.58. The van der Waals surface area contributed by atoms with E-state index in [4.69, 9.17) is 4.52 Å². The molecule has 10 heteroatoms. The van der Waals surface area contributed by atoms with Crippen LogP contribution in [0.1, 0.15) is 47.5 Å². The van der Waals surface area contributed by atoms with E-state index in [1.54, 1.807) is 24.9 Å². The van der Waals surface area contributed by atoms with E-state index in [1.807, 2.05) is 0 Å². The molecule has 0 saturated carbocycles. The number of hydrogen-bond donors (Lipinski definition) is 2. The first-order valence-electron chi connectivity index (χ1n) is 9.92. The van der Waals surface area contributed by atoms with Gasteiger partial charge in [-0.2, -0.15) is 0 Å². The maximum atomic E-state index is 12.6. The third-order valence-corrected chi connectivity index (χ3v) is 5.10. The van der Waals surface area contributed by atoms with Gasteiger partial charge in [-0.3, -0.25) is 14.4 Å². The third kappa shape index (κ3) is 5.85. The lowest BCUT2D eigenvalue weighted by atomic mass is 9.96. The lowest BCUT2D eigenvalue weighted by Gasteiger charge is -2.24. The van der Waals surface area contributed by atoms with Crippen molar-refractivity contribution in [3.63, 3.8) is 0 Å². The first kappa shape index (κ1) is 21.4. The van der Waals surface area contributed by atoms with Crippen molar-refractivity contribution in [2.24, 2.45) is 5.92 Å². The molecule has 0 spiro atoms. The molecule has 1 aliphatic rings. The molecule has 2 aromatic rings. The highest BCUT2D eigenvalue weighted by molar-refractivity contribution is 5.93. The maximum Gasteiger partial charge on any atom is 0.254 e. The first-order chi connectivity index (χ1) is 14.4. The molecule has 0 aromatic carbocycles. The van der Waals surface area contributed by atoms with Gasteiger partial charge >= 0.3 is 0 Å². The highest BCUT2D eigenvalue weighted by Gasteiger charge is 2.28. The standard InChI is InChI=1S/C20H26N6O4/c1-13-6-17(25-30-13)10-23-19(28)14-4-3-5-16(11-26(2)18(27)7-14)24-20(29)15-8-21-12-22-9-15/h6,8-9,12,14,16H,3-5,7,10-11H2,1-2H3,(H,23,28)(H,24,29). The minimum atomic E-state index is -0.426. The summed E-state index contributed by atoms with van der Waals surface area (Å²) in [7, 11) is 1.69. The lowest BCUT2D eigenvalue weighted by molar-refractivity contribution is -0.135. The van der Waals surface area contributed by atoms with Crippen LogP contribution >= 0.6 is 0 Å². The summed E-state index contributed by atoms with van der Waals surface area (Å²) < 4.78 is 5.00. The molecule has 3 heterocycles. The topological polar surface area (TPSA) is 130 Å². The monoisotopic (exact) mass is 414 g/mol. The van der Waals surface area contributed by atoms with E-state index in [-0.39, 0.29) is 36.7 Å². The molecule has 10 nitrogen and oxygen atoms in total. The number of aromatic nitrogens is 3. The Morgan fingerprint density at radius 2 is 2.03 bits per heavy atom. The average Bonchev–Trinajstić information content (AvgIpc) is 3.18. The Morgan fingerprint density at radius 1 is 1.27 bits per heavy atom. The molecule has 0 aliphatic carbocycles. The summed E-state index contributed by atoms with van der Waals surface area (Å²) >= 11 is 0. The SMILES string of the molecule is Cc1cc(CNC(=O)C2CCCC(NC(=O)c3cncnc3)CN(C)C(=O)C2)no1. The van der Waals surface area contributed by atoms with Gasteiger partial charge in [0.1, 0.15) is 17.8 Å². The summed E-state index contributed by atoms with van der Waals surface area (Å²) in [5.74, 6) is -0.339. The normalized spacial score (nSPS) is 20.1. The lowest BCUT2D eigenvalue weighted by Crippen LogP contribution is -2.44. The van der Waals surface area contributed by atoms with E-state index in [0.29, 0.717) is 42.8 Å². The Morgan fingerprint density at radius 3 is 2.73 bits per heavy atom. The predicted molar refractivity (Wildman–Crippen MR) is 106 cm³/mol. The van der Waals surface area contributed by atoms with Gasteiger partial charge < -0.3 is 20.1 Å². The first-order valence-corrected chi connectivity index (χ1v) is 9.92. The van der Waals surface area contributed by atoms with E-state index in [2.05, 4.69) is 25.8 Å². The third-order valence-electron chi connectivity index (χ3n) is 5.10. The second-order valence-corrected chi connectivity index (χ2v) is 7.55. The fourth-order valence-electron chi connectivity index (χ4n) is 3.45. The molecule has 0 radical (unpaired) electrons. The van der Waals surface area contributed by atoms with Crippen LogP contribution in [0.2, 0.25) is 0 Å². The van der Waals surface area contributed by atoms with Crippen LogP contribution in [-0.2, 0) is 16.1 Å². The molecule has 3 amide bonds. The minimum Gasteiger partial charge on any atom is -0.361 e. The van der Waals surface area contributed by atoms with Gasteiger partial charge in [-0.1, -0.05) is 11.6 Å². The number of carbonyl (C=O) groups excluding carboxylic acids is 3. The quantitative estimate of drug-likeness (QED) is 0.741. The smallest absolute Gasteiger partial charge is 0.254 e. The summed E-state index contributed by atoms with van der Waals surface area (Å²) in [6, 6.07) is 1.54. The van der Waals surface area contributed by atoms with Gasteiger partial charge in [0.2, 0.25) is 11.8 Å². The number of carbonyl (C=O) groups is 3. The molecule has 0 bridgehead atoms. The largest absolute Gasteiger partial charge is 0.361 e. The molecule has 1 fully saturated rings. The van der Waals surface area contributed by atoms with Crippen molar-refractivity contribution in [2.75, 3.05) is 13.6 Å². The van der Waals surface area contributed by atoms with Gasteiger partial charge in [0.05, 0.1) is 12.1 Å². The van der Waals surface area contributed by atoms with Crippen molar-refractivity contribution in [1.82, 2.24) is 30.7 Å². The fourth-order valence-corrected chi connectivity index (χ4v) is 3.45. The van der Waals surface area contributed by atoms with Crippen molar-refractivity contribution in [3.8, 4) is 0 Å². The number of aryl methyl sites for hydroxylation is 1. The van der Waals surface area contributed by atoms with Gasteiger partial charge in [-0.15, -0.1) is 0 Å². The summed E-state index contributed by atoms with van der Waals surface area (Å²) in [4.78, 5) is 46.9. The van der Waals surface area contributed by atoms with Crippen molar-refractivity contribution in [1.29, 1.82) is 0 Å². The van der Waals surface area contributed by atoms with Crippen molar-refractivity contribution >= 4 is 17.7 Å². The van der Waals surface area contributed by atoms with Gasteiger partial charge in [0, 0.05) is 50.4 Å². The van der Waals surface area contributed by atoms with Crippen LogP contribution < -0.4 is 10.6 Å². The maximum absolute atomic E-state index is 12.6. The Hall–Kier alpha value is -3.30. The highest BCUT2D eigenvalue weighted by atomic mass is 16.5. The molecule has 2 unspecified atom stereocenters. The highest BCUT2D eigenvalue weighted by Crippen LogP contribution is 2.19. The van der Waals surface area contributed by atoms with Gasteiger partial charge in [0.25, 0.3) is 5.91 Å². The molecule has 2 N–H and O–H groups in total. The second-order valence-electron chi connectivity index (χ2n) is 7.55. The fraction of sp³-hybridized carbons (Fsp3) is 0.500. The summed E-state index contributed by atoms with van der Waals surface area (Å²) in [5, 5.41) is 9.63. The Kier molecular flexibility index (Phi) is 7.10. The Labute approximate surface area is 174 Å². The van der Waals surface area contributed by atoms with E-state index in [0.717, 1.165) is 0 Å². The van der Waals surface area contributed by atoms with Crippen molar-refractivity contribution in [3.05, 3.63) is 41.8 Å². The summed E-state index contributed by atoms with van der Waals surface area (Å²) in [5.41, 5.74) is 1.01. The second kappa shape index (κ2) is 9.95. The molecule has 3 rings (SSSR count). The number of nitrogens with one attached hydrogen (secondary N) is 2. The van der Waals surface area contributed by atoms with Gasteiger partial charge in [-0.25, -0.2) is 9.97 Å². The number of nitrogens with zero attached hydrogens (tertiary/aromatic N) is 4. The molecule has 2 aromatic heterocycles. The van der Waals surface area contributed by atoms with Crippen molar-refractivity contribution < 1.29 is 18.9 Å². The molecule has 30 heavy (non-hydrogen) atoms. The molecule has 1 aliphatic heterocycles. The van der Waals surface area contributed by atoms with E-state index in [9.17, 15) is 14.4 Å². The Bertz CT molecular complexity index is 884. The van der Waals surface area contributed by atoms with E-state index >= 15 is 0 Å². The number of hydrogen-bond acceptors (Lipinski definition) is 7. The van der Waals surface area contributed by atoms with E-state index < -0.39 is 5.92 Å². The molecular formula is C20H26N6O4.